The van der Waals surface area contributed by atoms with E-state index in [0.29, 0.717) is 4.88 Å². The van der Waals surface area contributed by atoms with Crippen LogP contribution in [0, 0.1) is 0 Å². The molecule has 2 aromatic rings. The lowest BCUT2D eigenvalue weighted by atomic mass is 10.2. The fourth-order valence-corrected chi connectivity index (χ4v) is 2.83. The number of ether oxygens (including phenoxy) is 1. The van der Waals surface area contributed by atoms with Crippen LogP contribution in [0.25, 0.3) is 6.08 Å². The van der Waals surface area contributed by atoms with Gasteiger partial charge in [0.05, 0.1) is 15.8 Å². The third-order valence-corrected chi connectivity index (χ3v) is 4.26. The molecule has 0 saturated carbocycles. The Hall–Kier alpha value is -2.12. The van der Waals surface area contributed by atoms with Gasteiger partial charge in [0, 0.05) is 6.08 Å². The van der Waals surface area contributed by atoms with Gasteiger partial charge in [0.2, 0.25) is 0 Å². The number of benzene rings is 1. The number of thiophene rings is 1. The first kappa shape index (κ1) is 16.3. The normalized spacial score (nSPS) is 10.5. The van der Waals surface area contributed by atoms with Gasteiger partial charge in [0.25, 0.3) is 11.8 Å². The summed E-state index contributed by atoms with van der Waals surface area (Å²) in [4.78, 5) is 23.9. The van der Waals surface area contributed by atoms with E-state index in [1.807, 2.05) is 12.1 Å². The van der Waals surface area contributed by atoms with Crippen molar-refractivity contribution in [3.05, 3.63) is 56.7 Å². The van der Waals surface area contributed by atoms with E-state index in [0.717, 1.165) is 15.1 Å². The highest BCUT2D eigenvalue weighted by atomic mass is 79.9. The van der Waals surface area contributed by atoms with Gasteiger partial charge in [-0.25, -0.2) is 0 Å². The van der Waals surface area contributed by atoms with Crippen LogP contribution in [-0.4, -0.2) is 18.9 Å². The minimum absolute atomic E-state index is 0.359. The molecule has 1 aromatic heterocycles. The molecule has 7 heteroatoms. The summed E-state index contributed by atoms with van der Waals surface area (Å²) in [6.07, 6.45) is 2.98. The average molecular weight is 381 g/mol. The van der Waals surface area contributed by atoms with Gasteiger partial charge in [-0.15, -0.1) is 11.3 Å². The van der Waals surface area contributed by atoms with Crippen LogP contribution in [0.4, 0.5) is 0 Å². The summed E-state index contributed by atoms with van der Waals surface area (Å²) in [6.45, 7) is 0. The largest absolute Gasteiger partial charge is 0.497 e. The van der Waals surface area contributed by atoms with Crippen molar-refractivity contribution < 1.29 is 14.3 Å². The topological polar surface area (TPSA) is 67.4 Å². The number of methoxy groups -OCH3 is 1. The molecule has 0 bridgehead atoms. The van der Waals surface area contributed by atoms with E-state index in [1.165, 1.54) is 17.4 Å². The second-order valence-electron chi connectivity index (χ2n) is 4.15. The van der Waals surface area contributed by atoms with E-state index in [4.69, 9.17) is 4.74 Å². The van der Waals surface area contributed by atoms with Crippen molar-refractivity contribution in [1.29, 1.82) is 0 Å². The summed E-state index contributed by atoms with van der Waals surface area (Å²) in [5.74, 6) is -0.0299. The van der Waals surface area contributed by atoms with Gasteiger partial charge in [-0.1, -0.05) is 12.1 Å². The SMILES string of the molecule is COc1ccc(/C=C/C(=O)NNC(=O)c2ccc(Br)s2)cc1. The lowest BCUT2D eigenvalue weighted by Gasteiger charge is -2.03. The summed E-state index contributed by atoms with van der Waals surface area (Å²) in [5.41, 5.74) is 5.52. The van der Waals surface area contributed by atoms with E-state index in [1.54, 1.807) is 37.5 Å². The fourth-order valence-electron chi connectivity index (χ4n) is 1.54. The maximum absolute atomic E-state index is 11.7. The predicted octanol–water partition coefficient (Wildman–Crippen LogP) is 2.99. The van der Waals surface area contributed by atoms with Crippen molar-refractivity contribution in [3.8, 4) is 5.75 Å². The Bertz CT molecular complexity index is 695. The third kappa shape index (κ3) is 4.71. The lowest BCUT2D eigenvalue weighted by Crippen LogP contribution is -2.40. The van der Waals surface area contributed by atoms with Crippen molar-refractivity contribution in [2.75, 3.05) is 7.11 Å². The zero-order valence-electron chi connectivity index (χ0n) is 11.6. The summed E-state index contributed by atoms with van der Waals surface area (Å²) in [5, 5.41) is 0. The highest BCUT2D eigenvalue weighted by Crippen LogP contribution is 2.21. The molecule has 0 aliphatic rings. The maximum Gasteiger partial charge on any atom is 0.279 e. The quantitative estimate of drug-likeness (QED) is 0.632. The van der Waals surface area contributed by atoms with Crippen molar-refractivity contribution in [2.24, 2.45) is 0 Å². The molecule has 0 unspecified atom stereocenters. The number of halogens is 1. The second-order valence-corrected chi connectivity index (χ2v) is 6.62. The highest BCUT2D eigenvalue weighted by molar-refractivity contribution is 9.11. The standard InChI is InChI=1S/C15H13BrN2O3S/c1-21-11-5-2-10(3-6-11)4-9-14(19)17-18-15(20)12-7-8-13(16)22-12/h2-9H,1H3,(H,17,19)(H,18,20)/b9-4+. The van der Waals surface area contributed by atoms with E-state index in [-0.39, 0.29) is 5.91 Å². The summed E-state index contributed by atoms with van der Waals surface area (Å²) < 4.78 is 5.90. The summed E-state index contributed by atoms with van der Waals surface area (Å²) in [7, 11) is 1.59. The number of rotatable bonds is 4. The Kier molecular flexibility index (Phi) is 5.74. The van der Waals surface area contributed by atoms with Crippen molar-refractivity contribution in [2.45, 2.75) is 0 Å². The third-order valence-electron chi connectivity index (χ3n) is 2.64. The van der Waals surface area contributed by atoms with E-state index in [9.17, 15) is 9.59 Å². The Morgan fingerprint density at radius 1 is 1.14 bits per heavy atom. The number of amides is 2. The molecule has 0 radical (unpaired) electrons. The van der Waals surface area contributed by atoms with Gasteiger partial charge >= 0.3 is 0 Å². The van der Waals surface area contributed by atoms with Crippen LogP contribution in [-0.2, 0) is 4.79 Å². The van der Waals surface area contributed by atoms with Crippen LogP contribution < -0.4 is 15.6 Å². The molecule has 1 heterocycles. The van der Waals surface area contributed by atoms with Gasteiger partial charge in [-0.2, -0.15) is 0 Å². The van der Waals surface area contributed by atoms with Crippen molar-refractivity contribution >= 4 is 45.2 Å². The van der Waals surface area contributed by atoms with Crippen LogP contribution in [0.15, 0.2) is 46.3 Å². The van der Waals surface area contributed by atoms with E-state index in [2.05, 4.69) is 26.8 Å². The van der Waals surface area contributed by atoms with Crippen molar-refractivity contribution in [1.82, 2.24) is 10.9 Å². The summed E-state index contributed by atoms with van der Waals surface area (Å²) >= 11 is 4.56. The monoisotopic (exact) mass is 380 g/mol. The van der Waals surface area contributed by atoms with Gasteiger partial charge in [0.15, 0.2) is 0 Å². The van der Waals surface area contributed by atoms with Gasteiger partial charge in [-0.05, 0) is 51.8 Å². The average Bonchev–Trinajstić information content (AvgIpc) is 2.97. The first-order valence-corrected chi connectivity index (χ1v) is 7.87. The minimum Gasteiger partial charge on any atom is -0.497 e. The van der Waals surface area contributed by atoms with Crippen LogP contribution in [0.5, 0.6) is 5.75 Å². The lowest BCUT2D eigenvalue weighted by molar-refractivity contribution is -0.117. The predicted molar refractivity (Wildman–Crippen MR) is 89.7 cm³/mol. The Balaban J connectivity index is 1.84. The number of nitrogens with one attached hydrogen (secondary N) is 2. The molecule has 2 rings (SSSR count). The fraction of sp³-hybridized carbons (Fsp3) is 0.0667. The molecule has 2 amide bonds. The van der Waals surface area contributed by atoms with Crippen molar-refractivity contribution in [3.63, 3.8) is 0 Å². The van der Waals surface area contributed by atoms with Gasteiger partial charge < -0.3 is 4.74 Å². The summed E-state index contributed by atoms with van der Waals surface area (Å²) in [6, 6.07) is 10.7. The minimum atomic E-state index is -0.417. The van der Waals surface area contributed by atoms with Gasteiger partial charge in [0.1, 0.15) is 5.75 Å². The van der Waals surface area contributed by atoms with Crippen LogP contribution >= 0.6 is 27.3 Å². The van der Waals surface area contributed by atoms with E-state index >= 15 is 0 Å². The molecule has 0 atom stereocenters. The van der Waals surface area contributed by atoms with E-state index < -0.39 is 5.91 Å². The van der Waals surface area contributed by atoms with Crippen LogP contribution in [0.1, 0.15) is 15.2 Å². The molecule has 114 valence electrons. The Labute approximate surface area is 140 Å². The number of hydrogen-bond donors (Lipinski definition) is 2. The molecule has 5 nitrogen and oxygen atoms in total. The molecule has 22 heavy (non-hydrogen) atoms. The molecular formula is C15H13BrN2O3S. The first-order valence-electron chi connectivity index (χ1n) is 6.26. The number of carbonyl (C=O) groups is 2. The Morgan fingerprint density at radius 2 is 1.86 bits per heavy atom. The van der Waals surface area contributed by atoms with Crippen LogP contribution in [0.3, 0.4) is 0 Å². The Morgan fingerprint density at radius 3 is 2.45 bits per heavy atom. The molecule has 0 saturated heterocycles. The number of hydrazine groups is 1. The second kappa shape index (κ2) is 7.77. The molecule has 0 fully saturated rings. The first-order chi connectivity index (χ1) is 10.6. The van der Waals surface area contributed by atoms with Gasteiger partial charge in [-0.3, -0.25) is 20.4 Å². The molecule has 2 N–H and O–H groups in total. The maximum atomic E-state index is 11.7. The van der Waals surface area contributed by atoms with Crippen LogP contribution in [0.2, 0.25) is 0 Å². The number of carbonyl (C=O) groups excluding carboxylic acids is 2. The molecule has 0 aliphatic carbocycles. The zero-order valence-corrected chi connectivity index (χ0v) is 14.0. The molecule has 0 spiro atoms. The molecule has 1 aromatic carbocycles. The molecule has 0 aliphatic heterocycles. The highest BCUT2D eigenvalue weighted by Gasteiger charge is 2.08. The zero-order chi connectivity index (χ0) is 15.9. The smallest absolute Gasteiger partial charge is 0.279 e. The number of hydrogen-bond acceptors (Lipinski definition) is 4. The molecular weight excluding hydrogens is 368 g/mol.